The summed E-state index contributed by atoms with van der Waals surface area (Å²) >= 11 is 0. The lowest BCUT2D eigenvalue weighted by Crippen LogP contribution is -2.23. The van der Waals surface area contributed by atoms with Crippen LogP contribution in [0.5, 0.6) is 11.5 Å². The maximum Gasteiger partial charge on any atom is 0.272 e. The number of amides is 1. The molecule has 5 heteroatoms. The molecule has 0 aliphatic heterocycles. The molecule has 4 aromatic rings. The minimum absolute atomic E-state index is 0.209. The van der Waals surface area contributed by atoms with Crippen LogP contribution < -0.4 is 10.1 Å². The van der Waals surface area contributed by atoms with Crippen molar-refractivity contribution in [1.82, 2.24) is 15.5 Å². The average Bonchev–Trinajstić information content (AvgIpc) is 3.13. The average molecular weight is 357 g/mol. The molecule has 0 saturated carbocycles. The number of ether oxygens (including phenoxy) is 1. The van der Waals surface area contributed by atoms with E-state index in [4.69, 9.17) is 4.74 Å². The van der Waals surface area contributed by atoms with Gasteiger partial charge in [0.05, 0.1) is 0 Å². The maximum absolute atomic E-state index is 12.1. The van der Waals surface area contributed by atoms with E-state index in [0.29, 0.717) is 12.2 Å². The highest BCUT2D eigenvalue weighted by Crippen LogP contribution is 2.30. The van der Waals surface area contributed by atoms with Crippen molar-refractivity contribution >= 4 is 16.7 Å². The highest BCUT2D eigenvalue weighted by atomic mass is 16.5. The van der Waals surface area contributed by atoms with Crippen molar-refractivity contribution in [3.05, 3.63) is 89.7 Å². The van der Waals surface area contributed by atoms with Crippen molar-refractivity contribution in [2.45, 2.75) is 13.5 Å². The topological polar surface area (TPSA) is 67.0 Å². The zero-order chi connectivity index (χ0) is 18.6. The van der Waals surface area contributed by atoms with Crippen LogP contribution in [0.3, 0.4) is 0 Å². The van der Waals surface area contributed by atoms with Gasteiger partial charge in [-0.1, -0.05) is 48.5 Å². The number of aromatic nitrogens is 2. The first-order valence-corrected chi connectivity index (χ1v) is 8.74. The SMILES string of the molecule is Cc1cc(C(=O)NCc2cccc(Oc3cccc4ccccc34)c2)n[nH]1. The number of nitrogens with one attached hydrogen (secondary N) is 2. The van der Waals surface area contributed by atoms with E-state index in [1.165, 1.54) is 0 Å². The van der Waals surface area contributed by atoms with Crippen LogP contribution in [-0.2, 0) is 6.54 Å². The molecule has 1 amide bonds. The van der Waals surface area contributed by atoms with Crippen LogP contribution in [0.1, 0.15) is 21.7 Å². The molecule has 3 aromatic carbocycles. The number of nitrogens with zero attached hydrogens (tertiary/aromatic N) is 1. The Morgan fingerprint density at radius 1 is 1.04 bits per heavy atom. The summed E-state index contributed by atoms with van der Waals surface area (Å²) in [4.78, 5) is 12.1. The van der Waals surface area contributed by atoms with Crippen molar-refractivity contribution in [3.8, 4) is 11.5 Å². The van der Waals surface area contributed by atoms with E-state index >= 15 is 0 Å². The molecule has 4 rings (SSSR count). The van der Waals surface area contributed by atoms with Gasteiger partial charge in [0.1, 0.15) is 17.2 Å². The lowest BCUT2D eigenvalue weighted by atomic mass is 10.1. The first-order valence-electron chi connectivity index (χ1n) is 8.74. The van der Waals surface area contributed by atoms with E-state index in [-0.39, 0.29) is 5.91 Å². The third-order valence-electron chi connectivity index (χ3n) is 4.27. The van der Waals surface area contributed by atoms with Crippen molar-refractivity contribution < 1.29 is 9.53 Å². The molecule has 1 aromatic heterocycles. The molecule has 1 heterocycles. The van der Waals surface area contributed by atoms with E-state index in [9.17, 15) is 4.79 Å². The van der Waals surface area contributed by atoms with Crippen LogP contribution in [0.15, 0.2) is 72.8 Å². The van der Waals surface area contributed by atoms with E-state index in [1.807, 2.05) is 61.5 Å². The Labute approximate surface area is 157 Å². The third-order valence-corrected chi connectivity index (χ3v) is 4.27. The molecule has 27 heavy (non-hydrogen) atoms. The normalized spacial score (nSPS) is 10.7. The number of aromatic amines is 1. The number of aryl methyl sites for hydroxylation is 1. The van der Waals surface area contributed by atoms with Gasteiger partial charge in [0, 0.05) is 17.6 Å². The van der Waals surface area contributed by atoms with Gasteiger partial charge in [-0.25, -0.2) is 0 Å². The molecule has 0 aliphatic rings. The molecule has 5 nitrogen and oxygen atoms in total. The molecule has 0 saturated heterocycles. The zero-order valence-corrected chi connectivity index (χ0v) is 14.9. The van der Waals surface area contributed by atoms with Gasteiger partial charge in [0.2, 0.25) is 0 Å². The summed E-state index contributed by atoms with van der Waals surface area (Å²) in [6.07, 6.45) is 0. The molecule has 0 atom stereocenters. The Morgan fingerprint density at radius 3 is 2.70 bits per heavy atom. The van der Waals surface area contributed by atoms with E-state index in [1.54, 1.807) is 6.07 Å². The van der Waals surface area contributed by atoms with Gasteiger partial charge in [-0.15, -0.1) is 0 Å². The number of benzene rings is 3. The van der Waals surface area contributed by atoms with Crippen molar-refractivity contribution in [3.63, 3.8) is 0 Å². The van der Waals surface area contributed by atoms with Crippen LogP contribution in [0.25, 0.3) is 10.8 Å². The summed E-state index contributed by atoms with van der Waals surface area (Å²) in [5.74, 6) is 1.33. The van der Waals surface area contributed by atoms with Crippen molar-refractivity contribution in [1.29, 1.82) is 0 Å². The van der Waals surface area contributed by atoms with Gasteiger partial charge >= 0.3 is 0 Å². The summed E-state index contributed by atoms with van der Waals surface area (Å²) in [6, 6.07) is 23.5. The van der Waals surface area contributed by atoms with E-state index in [0.717, 1.165) is 33.5 Å². The number of hydrogen-bond acceptors (Lipinski definition) is 3. The Morgan fingerprint density at radius 2 is 1.85 bits per heavy atom. The second-order valence-electron chi connectivity index (χ2n) is 6.35. The Bertz CT molecular complexity index is 1100. The third kappa shape index (κ3) is 3.82. The fourth-order valence-corrected chi connectivity index (χ4v) is 2.94. The largest absolute Gasteiger partial charge is 0.457 e. The van der Waals surface area contributed by atoms with Crippen LogP contribution in [0.4, 0.5) is 0 Å². The minimum Gasteiger partial charge on any atom is -0.457 e. The summed E-state index contributed by atoms with van der Waals surface area (Å²) in [6.45, 7) is 2.26. The monoisotopic (exact) mass is 357 g/mol. The molecule has 0 spiro atoms. The molecule has 0 unspecified atom stereocenters. The molecule has 0 fully saturated rings. The van der Waals surface area contributed by atoms with Crippen LogP contribution in [-0.4, -0.2) is 16.1 Å². The fourth-order valence-electron chi connectivity index (χ4n) is 2.94. The number of carbonyl (C=O) groups excluding carboxylic acids is 1. The first-order chi connectivity index (χ1) is 13.2. The van der Waals surface area contributed by atoms with Gasteiger partial charge in [0.25, 0.3) is 5.91 Å². The second kappa shape index (κ2) is 7.33. The summed E-state index contributed by atoms with van der Waals surface area (Å²) in [5, 5.41) is 11.8. The number of carbonyl (C=O) groups is 1. The second-order valence-corrected chi connectivity index (χ2v) is 6.35. The zero-order valence-electron chi connectivity index (χ0n) is 14.9. The predicted molar refractivity (Wildman–Crippen MR) is 105 cm³/mol. The van der Waals surface area contributed by atoms with Crippen LogP contribution in [0, 0.1) is 6.92 Å². The van der Waals surface area contributed by atoms with Gasteiger partial charge < -0.3 is 10.1 Å². The van der Waals surface area contributed by atoms with E-state index in [2.05, 4.69) is 27.6 Å². The molecule has 0 aliphatic carbocycles. The molecular formula is C22H19N3O2. The quantitative estimate of drug-likeness (QED) is 0.549. The number of fused-ring (bicyclic) bond motifs is 1. The number of rotatable bonds is 5. The number of hydrogen-bond donors (Lipinski definition) is 2. The van der Waals surface area contributed by atoms with Crippen LogP contribution in [0.2, 0.25) is 0 Å². The molecule has 0 radical (unpaired) electrons. The molecule has 2 N–H and O–H groups in total. The highest BCUT2D eigenvalue weighted by Gasteiger charge is 2.09. The van der Waals surface area contributed by atoms with Crippen molar-refractivity contribution in [2.75, 3.05) is 0 Å². The highest BCUT2D eigenvalue weighted by molar-refractivity contribution is 5.92. The standard InChI is InChI=1S/C22H19N3O2/c1-15-12-20(25-24-15)22(26)23-14-16-6-4-9-18(13-16)27-21-11-5-8-17-7-2-3-10-19(17)21/h2-13H,14H2,1H3,(H,23,26)(H,24,25). The van der Waals surface area contributed by atoms with Gasteiger partial charge in [-0.3, -0.25) is 9.89 Å². The summed E-state index contributed by atoms with van der Waals surface area (Å²) < 4.78 is 6.10. The summed E-state index contributed by atoms with van der Waals surface area (Å²) in [7, 11) is 0. The Kier molecular flexibility index (Phi) is 4.58. The molecular weight excluding hydrogens is 338 g/mol. The predicted octanol–water partition coefficient (Wildman–Crippen LogP) is 4.59. The van der Waals surface area contributed by atoms with Crippen LogP contribution >= 0.6 is 0 Å². The Hall–Kier alpha value is -3.60. The van der Waals surface area contributed by atoms with Gasteiger partial charge in [-0.2, -0.15) is 5.10 Å². The fraction of sp³-hybridized carbons (Fsp3) is 0.0909. The Balaban J connectivity index is 1.48. The molecule has 134 valence electrons. The smallest absolute Gasteiger partial charge is 0.272 e. The minimum atomic E-state index is -0.209. The van der Waals surface area contributed by atoms with Crippen molar-refractivity contribution in [2.24, 2.45) is 0 Å². The summed E-state index contributed by atoms with van der Waals surface area (Å²) in [5.41, 5.74) is 2.19. The maximum atomic E-state index is 12.1. The molecule has 0 bridgehead atoms. The van der Waals surface area contributed by atoms with Gasteiger partial charge in [-0.05, 0) is 42.1 Å². The lowest BCUT2D eigenvalue weighted by molar-refractivity contribution is 0.0946. The first kappa shape index (κ1) is 16.8. The van der Waals surface area contributed by atoms with Gasteiger partial charge in [0.15, 0.2) is 0 Å². The van der Waals surface area contributed by atoms with E-state index < -0.39 is 0 Å². The lowest BCUT2D eigenvalue weighted by Gasteiger charge is -2.10. The number of H-pyrrole nitrogens is 1.